The van der Waals surface area contributed by atoms with Crippen molar-refractivity contribution in [2.45, 2.75) is 58.6 Å². The first kappa shape index (κ1) is 27.5. The van der Waals surface area contributed by atoms with E-state index in [1.54, 1.807) is 18.2 Å². The van der Waals surface area contributed by atoms with Crippen LogP contribution in [0.1, 0.15) is 61.9 Å². The van der Waals surface area contributed by atoms with Crippen LogP contribution in [0.25, 0.3) is 0 Å². The van der Waals surface area contributed by atoms with E-state index in [4.69, 9.17) is 4.84 Å². The molecule has 0 fully saturated rings. The highest BCUT2D eigenvalue weighted by Gasteiger charge is 2.32. The van der Waals surface area contributed by atoms with Gasteiger partial charge in [-0.2, -0.15) is 0 Å². The average molecular weight is 532 g/mol. The lowest BCUT2D eigenvalue weighted by atomic mass is 9.90. The summed E-state index contributed by atoms with van der Waals surface area (Å²) in [5.74, 6) is -0.954. The van der Waals surface area contributed by atoms with E-state index in [-0.39, 0.29) is 25.1 Å². The van der Waals surface area contributed by atoms with Gasteiger partial charge in [0.05, 0.1) is 18.6 Å². The standard InChI is InChI=1S/C26H34BrN3O4/c1-3-5-7-15-23(24(4-2)30(19-31)34-17-20-11-8-6-9-12-20)26(33)29-18-28-25(32)21-13-10-14-22(27)16-21/h6,8-14,16,19,23-24H,3-5,7,15,17-18H2,1-2H3,(H,28,32)(H,29,33)/t23-,24-/m1/s1. The summed E-state index contributed by atoms with van der Waals surface area (Å²) < 4.78 is 0.801. The van der Waals surface area contributed by atoms with Gasteiger partial charge in [-0.05, 0) is 36.6 Å². The molecule has 2 atom stereocenters. The molecule has 0 aliphatic rings. The van der Waals surface area contributed by atoms with Crippen molar-refractivity contribution in [3.8, 4) is 0 Å². The first-order valence-electron chi connectivity index (χ1n) is 11.7. The van der Waals surface area contributed by atoms with Crippen LogP contribution in [0.5, 0.6) is 0 Å². The van der Waals surface area contributed by atoms with Crippen LogP contribution in [0, 0.1) is 5.92 Å². The third-order valence-corrected chi connectivity index (χ3v) is 6.08. The molecule has 2 aromatic carbocycles. The van der Waals surface area contributed by atoms with E-state index in [2.05, 4.69) is 33.5 Å². The predicted octanol–water partition coefficient (Wildman–Crippen LogP) is 4.82. The molecule has 0 unspecified atom stereocenters. The minimum Gasteiger partial charge on any atom is -0.338 e. The van der Waals surface area contributed by atoms with Crippen molar-refractivity contribution in [3.05, 3.63) is 70.2 Å². The molecule has 7 nitrogen and oxygen atoms in total. The number of unbranched alkanes of at least 4 members (excludes halogenated alkanes) is 2. The number of benzene rings is 2. The summed E-state index contributed by atoms with van der Waals surface area (Å²) in [5.41, 5.74) is 1.43. The maximum Gasteiger partial charge on any atom is 0.252 e. The van der Waals surface area contributed by atoms with Gasteiger partial charge in [-0.25, -0.2) is 5.06 Å². The molecule has 0 bridgehead atoms. The predicted molar refractivity (Wildman–Crippen MR) is 135 cm³/mol. The quantitative estimate of drug-likeness (QED) is 0.149. The molecule has 0 saturated carbocycles. The van der Waals surface area contributed by atoms with Crippen molar-refractivity contribution in [1.82, 2.24) is 15.7 Å². The minimum absolute atomic E-state index is 0.00312. The van der Waals surface area contributed by atoms with Crippen molar-refractivity contribution in [3.63, 3.8) is 0 Å². The summed E-state index contributed by atoms with van der Waals surface area (Å²) in [5, 5.41) is 6.80. The molecule has 2 rings (SSSR count). The van der Waals surface area contributed by atoms with Crippen LogP contribution in [-0.2, 0) is 21.0 Å². The van der Waals surface area contributed by atoms with E-state index in [1.165, 1.54) is 5.06 Å². The number of nitrogens with one attached hydrogen (secondary N) is 2. The molecule has 3 amide bonds. The number of carbonyl (C=O) groups excluding carboxylic acids is 3. The fraction of sp³-hybridized carbons (Fsp3) is 0.423. The Morgan fingerprint density at radius 2 is 1.82 bits per heavy atom. The van der Waals surface area contributed by atoms with Gasteiger partial charge in [0.15, 0.2) is 0 Å². The lowest BCUT2D eigenvalue weighted by Gasteiger charge is -2.32. The first-order chi connectivity index (χ1) is 16.5. The van der Waals surface area contributed by atoms with Gasteiger partial charge in [0, 0.05) is 10.0 Å². The van der Waals surface area contributed by atoms with Crippen LogP contribution in [0.3, 0.4) is 0 Å². The first-order valence-corrected chi connectivity index (χ1v) is 12.5. The van der Waals surface area contributed by atoms with Crippen molar-refractivity contribution in [2.75, 3.05) is 6.67 Å². The Kier molecular flexibility index (Phi) is 12.3. The molecule has 0 saturated heterocycles. The van der Waals surface area contributed by atoms with Crippen molar-refractivity contribution in [1.29, 1.82) is 0 Å². The lowest BCUT2D eigenvalue weighted by Crippen LogP contribution is -2.48. The Morgan fingerprint density at radius 1 is 1.06 bits per heavy atom. The van der Waals surface area contributed by atoms with Gasteiger partial charge < -0.3 is 10.6 Å². The number of hydrogen-bond donors (Lipinski definition) is 2. The molecule has 8 heteroatoms. The number of hydrogen-bond acceptors (Lipinski definition) is 4. The molecular formula is C26H34BrN3O4. The van der Waals surface area contributed by atoms with Gasteiger partial charge in [-0.1, -0.05) is 85.4 Å². The zero-order valence-electron chi connectivity index (χ0n) is 19.8. The summed E-state index contributed by atoms with van der Waals surface area (Å²) in [6.45, 7) is 4.27. The van der Waals surface area contributed by atoms with Gasteiger partial charge in [-0.15, -0.1) is 0 Å². The number of halogens is 1. The number of nitrogens with zero attached hydrogens (tertiary/aromatic N) is 1. The number of carbonyl (C=O) groups is 3. The van der Waals surface area contributed by atoms with Gasteiger partial charge in [0.25, 0.3) is 5.91 Å². The molecule has 2 aromatic rings. The van der Waals surface area contributed by atoms with Crippen molar-refractivity contribution in [2.24, 2.45) is 5.92 Å². The normalized spacial score (nSPS) is 12.4. The second kappa shape index (κ2) is 15.2. The molecule has 0 heterocycles. The molecule has 34 heavy (non-hydrogen) atoms. The molecule has 2 N–H and O–H groups in total. The Balaban J connectivity index is 2.02. The van der Waals surface area contributed by atoms with Crippen LogP contribution in [0.2, 0.25) is 0 Å². The second-order valence-electron chi connectivity index (χ2n) is 8.04. The van der Waals surface area contributed by atoms with E-state index >= 15 is 0 Å². The topological polar surface area (TPSA) is 87.7 Å². The largest absolute Gasteiger partial charge is 0.338 e. The second-order valence-corrected chi connectivity index (χ2v) is 8.95. The minimum atomic E-state index is -0.458. The summed E-state index contributed by atoms with van der Waals surface area (Å²) >= 11 is 3.35. The van der Waals surface area contributed by atoms with E-state index in [1.807, 2.05) is 43.3 Å². The zero-order valence-corrected chi connectivity index (χ0v) is 21.4. The number of rotatable bonds is 15. The molecule has 184 valence electrons. The summed E-state index contributed by atoms with van der Waals surface area (Å²) in [6, 6.07) is 16.2. The maximum absolute atomic E-state index is 13.1. The number of hydroxylamine groups is 2. The molecule has 0 radical (unpaired) electrons. The molecule has 0 spiro atoms. The highest BCUT2D eigenvalue weighted by Crippen LogP contribution is 2.22. The summed E-state index contributed by atoms with van der Waals surface area (Å²) in [6.07, 6.45) is 4.70. The van der Waals surface area contributed by atoms with Crippen LogP contribution in [-0.4, -0.2) is 36.0 Å². The summed E-state index contributed by atoms with van der Waals surface area (Å²) in [7, 11) is 0. The molecule has 0 aromatic heterocycles. The fourth-order valence-corrected chi connectivity index (χ4v) is 4.16. The maximum atomic E-state index is 13.1. The van der Waals surface area contributed by atoms with E-state index in [9.17, 15) is 14.4 Å². The highest BCUT2D eigenvalue weighted by molar-refractivity contribution is 9.10. The average Bonchev–Trinajstić information content (AvgIpc) is 2.85. The third-order valence-electron chi connectivity index (χ3n) is 5.59. The molecule has 0 aliphatic heterocycles. The Bertz CT molecular complexity index is 910. The zero-order chi connectivity index (χ0) is 24.8. The smallest absolute Gasteiger partial charge is 0.252 e. The number of amides is 3. The molecular weight excluding hydrogens is 498 g/mol. The molecule has 0 aliphatic carbocycles. The van der Waals surface area contributed by atoms with Crippen LogP contribution >= 0.6 is 15.9 Å². The van der Waals surface area contributed by atoms with Crippen molar-refractivity contribution < 1.29 is 19.2 Å². The monoisotopic (exact) mass is 531 g/mol. The van der Waals surface area contributed by atoms with Gasteiger partial charge in [0.2, 0.25) is 12.3 Å². The third kappa shape index (κ3) is 8.91. The van der Waals surface area contributed by atoms with Gasteiger partial charge >= 0.3 is 0 Å². The summed E-state index contributed by atoms with van der Waals surface area (Å²) in [4.78, 5) is 43.2. The van der Waals surface area contributed by atoms with E-state index < -0.39 is 12.0 Å². The van der Waals surface area contributed by atoms with Crippen LogP contribution in [0.15, 0.2) is 59.1 Å². The fourth-order valence-electron chi connectivity index (χ4n) is 3.76. The Morgan fingerprint density at radius 3 is 2.47 bits per heavy atom. The van der Waals surface area contributed by atoms with E-state index in [0.29, 0.717) is 24.8 Å². The van der Waals surface area contributed by atoms with E-state index in [0.717, 1.165) is 29.3 Å². The van der Waals surface area contributed by atoms with Crippen LogP contribution < -0.4 is 10.6 Å². The van der Waals surface area contributed by atoms with Gasteiger partial charge in [-0.3, -0.25) is 19.2 Å². The highest BCUT2D eigenvalue weighted by atomic mass is 79.9. The SMILES string of the molecule is CCCCC[C@@H](C(=O)NCNC(=O)c1cccc(Br)c1)[C@@H](CC)N(C=O)OCc1ccccc1. The van der Waals surface area contributed by atoms with Gasteiger partial charge in [0.1, 0.15) is 6.61 Å². The Labute approximate surface area is 210 Å². The Hall–Kier alpha value is -2.71. The van der Waals surface area contributed by atoms with Crippen LogP contribution in [0.4, 0.5) is 0 Å². The lowest BCUT2D eigenvalue weighted by molar-refractivity contribution is -0.200. The van der Waals surface area contributed by atoms with Crippen molar-refractivity contribution >= 4 is 34.2 Å².